The second kappa shape index (κ2) is 6.90. The molecule has 2 heterocycles. The van der Waals surface area contributed by atoms with Crippen LogP contribution in [0.4, 0.5) is 0 Å². The van der Waals surface area contributed by atoms with Gasteiger partial charge in [0.1, 0.15) is 23.2 Å². The topological polar surface area (TPSA) is 59.0 Å². The number of ether oxygens (including phenoxy) is 2. The molecule has 134 valence electrons. The van der Waals surface area contributed by atoms with Crippen LogP contribution in [-0.2, 0) is 0 Å². The lowest BCUT2D eigenvalue weighted by atomic mass is 9.84. The highest BCUT2D eigenvalue weighted by Gasteiger charge is 2.46. The summed E-state index contributed by atoms with van der Waals surface area (Å²) in [5.41, 5.74) is 0.721. The fraction of sp³-hybridized carbons (Fsp3) is 0.611. The molecule has 2 atom stereocenters. The van der Waals surface area contributed by atoms with E-state index >= 15 is 0 Å². The highest BCUT2D eigenvalue weighted by molar-refractivity contribution is 5.97. The standard InChI is InChI=1S/C18H25NO4.ClH/c1-11(20)12-9-13-15(10-14(12)22-4)23-18(2,3)17(21)16(13)19-7-5-6-8-19;/h9-10,16-17,21H,5-8H2,1-4H3;1H. The summed E-state index contributed by atoms with van der Waals surface area (Å²) < 4.78 is 11.4. The molecule has 2 aliphatic heterocycles. The normalized spacial score (nSPS) is 25.4. The number of carbonyl (C=O) groups excluding carboxylic acids is 1. The van der Waals surface area contributed by atoms with Crippen molar-refractivity contribution in [2.75, 3.05) is 20.2 Å². The monoisotopic (exact) mass is 355 g/mol. The van der Waals surface area contributed by atoms with Crippen molar-refractivity contribution in [3.05, 3.63) is 23.3 Å². The number of nitrogens with zero attached hydrogens (tertiary/aromatic N) is 1. The molecule has 6 heteroatoms. The molecule has 0 amide bonds. The highest BCUT2D eigenvalue weighted by Crippen LogP contribution is 2.46. The number of hydrogen-bond donors (Lipinski definition) is 1. The number of rotatable bonds is 3. The maximum Gasteiger partial charge on any atom is 0.163 e. The van der Waals surface area contributed by atoms with Gasteiger partial charge in [-0.15, -0.1) is 12.4 Å². The van der Waals surface area contributed by atoms with E-state index in [-0.39, 0.29) is 24.2 Å². The predicted molar refractivity (Wildman–Crippen MR) is 94.5 cm³/mol. The van der Waals surface area contributed by atoms with Crippen LogP contribution in [0.3, 0.4) is 0 Å². The maximum absolute atomic E-state index is 12.0. The number of carbonyl (C=O) groups is 1. The zero-order valence-electron chi connectivity index (χ0n) is 14.7. The lowest BCUT2D eigenvalue weighted by molar-refractivity contribution is -0.0896. The quantitative estimate of drug-likeness (QED) is 0.845. The first kappa shape index (κ1) is 19.0. The Bertz CT molecular complexity index is 626. The van der Waals surface area contributed by atoms with Crippen molar-refractivity contribution in [2.45, 2.75) is 51.4 Å². The van der Waals surface area contributed by atoms with E-state index in [0.29, 0.717) is 17.1 Å². The zero-order chi connectivity index (χ0) is 16.8. The van der Waals surface area contributed by atoms with Gasteiger partial charge in [-0.05, 0) is 52.8 Å². The number of halogens is 1. The third kappa shape index (κ3) is 3.13. The van der Waals surface area contributed by atoms with Crippen molar-refractivity contribution < 1.29 is 19.4 Å². The van der Waals surface area contributed by atoms with Gasteiger partial charge in [-0.1, -0.05) is 0 Å². The first-order valence-electron chi connectivity index (χ1n) is 8.19. The first-order chi connectivity index (χ1) is 10.8. The summed E-state index contributed by atoms with van der Waals surface area (Å²) in [6, 6.07) is 3.46. The molecule has 0 radical (unpaired) electrons. The summed E-state index contributed by atoms with van der Waals surface area (Å²) in [4.78, 5) is 14.2. The maximum atomic E-state index is 12.0. The average Bonchev–Trinajstić information content (AvgIpc) is 3.00. The van der Waals surface area contributed by atoms with Gasteiger partial charge in [0.05, 0.1) is 18.7 Å². The van der Waals surface area contributed by atoms with Crippen LogP contribution in [0, 0.1) is 0 Å². The number of Topliss-reactive ketones (excluding diaryl/α,β-unsaturated/α-hetero) is 1. The Morgan fingerprint density at radius 3 is 2.50 bits per heavy atom. The van der Waals surface area contributed by atoms with Crippen molar-refractivity contribution >= 4 is 18.2 Å². The number of likely N-dealkylation sites (tertiary alicyclic amines) is 1. The van der Waals surface area contributed by atoms with E-state index in [4.69, 9.17) is 9.47 Å². The zero-order valence-corrected chi connectivity index (χ0v) is 15.5. The van der Waals surface area contributed by atoms with Gasteiger partial charge in [0, 0.05) is 11.6 Å². The van der Waals surface area contributed by atoms with Crippen molar-refractivity contribution in [1.82, 2.24) is 4.90 Å². The van der Waals surface area contributed by atoms with Crippen LogP contribution >= 0.6 is 12.4 Å². The van der Waals surface area contributed by atoms with Gasteiger partial charge in [-0.2, -0.15) is 0 Å². The fourth-order valence-corrected chi connectivity index (χ4v) is 3.65. The minimum atomic E-state index is -0.691. The van der Waals surface area contributed by atoms with Crippen LogP contribution in [0.2, 0.25) is 0 Å². The lowest BCUT2D eigenvalue weighted by Gasteiger charge is -2.45. The van der Waals surface area contributed by atoms with Crippen LogP contribution in [0.15, 0.2) is 12.1 Å². The van der Waals surface area contributed by atoms with Gasteiger partial charge in [-0.3, -0.25) is 9.69 Å². The van der Waals surface area contributed by atoms with E-state index in [1.54, 1.807) is 13.2 Å². The number of ketones is 1. The molecule has 0 bridgehead atoms. The number of aliphatic hydroxyl groups is 1. The Kier molecular flexibility index (Phi) is 5.47. The Labute approximate surface area is 149 Å². The third-order valence-corrected chi connectivity index (χ3v) is 4.95. The minimum Gasteiger partial charge on any atom is -0.496 e. The van der Waals surface area contributed by atoms with Crippen LogP contribution in [0.1, 0.15) is 55.6 Å². The van der Waals surface area contributed by atoms with Gasteiger partial charge >= 0.3 is 0 Å². The predicted octanol–water partition coefficient (Wildman–Crippen LogP) is 2.99. The number of hydrogen-bond acceptors (Lipinski definition) is 5. The largest absolute Gasteiger partial charge is 0.496 e. The average molecular weight is 356 g/mol. The highest BCUT2D eigenvalue weighted by atomic mass is 35.5. The Morgan fingerprint density at radius 2 is 1.96 bits per heavy atom. The lowest BCUT2D eigenvalue weighted by Crippen LogP contribution is -2.53. The second-order valence-electron chi connectivity index (χ2n) is 6.98. The second-order valence-corrected chi connectivity index (χ2v) is 6.98. The van der Waals surface area contributed by atoms with Crippen LogP contribution in [0.25, 0.3) is 0 Å². The Balaban J connectivity index is 0.00000208. The number of methoxy groups -OCH3 is 1. The minimum absolute atomic E-state index is 0. The summed E-state index contributed by atoms with van der Waals surface area (Å²) in [5, 5.41) is 10.9. The Morgan fingerprint density at radius 1 is 1.33 bits per heavy atom. The summed E-state index contributed by atoms with van der Waals surface area (Å²) in [7, 11) is 1.55. The van der Waals surface area contributed by atoms with E-state index in [9.17, 15) is 9.90 Å². The molecule has 3 rings (SSSR count). The van der Waals surface area contributed by atoms with Crippen LogP contribution in [-0.4, -0.2) is 47.7 Å². The van der Waals surface area contributed by atoms with Crippen molar-refractivity contribution in [3.63, 3.8) is 0 Å². The van der Waals surface area contributed by atoms with E-state index < -0.39 is 11.7 Å². The molecule has 24 heavy (non-hydrogen) atoms. The fourth-order valence-electron chi connectivity index (χ4n) is 3.65. The van der Waals surface area contributed by atoms with Crippen molar-refractivity contribution in [3.8, 4) is 11.5 Å². The molecule has 1 fully saturated rings. The molecule has 0 aromatic heterocycles. The van der Waals surface area contributed by atoms with Gasteiger partial charge in [0.25, 0.3) is 0 Å². The number of benzene rings is 1. The summed E-state index contributed by atoms with van der Waals surface area (Å²) in [6.07, 6.45) is 1.62. The molecule has 2 unspecified atom stereocenters. The van der Waals surface area contributed by atoms with Gasteiger partial charge in [-0.25, -0.2) is 0 Å². The molecule has 1 aromatic rings. The molecule has 1 saturated heterocycles. The van der Waals surface area contributed by atoms with Gasteiger partial charge in [0.2, 0.25) is 0 Å². The molecule has 1 aromatic carbocycles. The summed E-state index contributed by atoms with van der Waals surface area (Å²) >= 11 is 0. The van der Waals surface area contributed by atoms with E-state index in [2.05, 4.69) is 4.90 Å². The molecule has 0 spiro atoms. The molecule has 5 nitrogen and oxygen atoms in total. The Hall–Kier alpha value is -1.30. The molecule has 2 aliphatic rings. The van der Waals surface area contributed by atoms with Crippen LogP contribution in [0.5, 0.6) is 11.5 Å². The molecule has 1 N–H and O–H groups in total. The molecule has 0 aliphatic carbocycles. The van der Waals surface area contributed by atoms with E-state index in [1.807, 2.05) is 19.9 Å². The molecular formula is C18H26ClNO4. The van der Waals surface area contributed by atoms with Crippen molar-refractivity contribution in [1.29, 1.82) is 0 Å². The molecular weight excluding hydrogens is 330 g/mol. The SMILES string of the molecule is COc1cc2c(cc1C(C)=O)C(N1CCCC1)C(O)C(C)(C)O2.Cl. The third-order valence-electron chi connectivity index (χ3n) is 4.95. The van der Waals surface area contributed by atoms with Gasteiger partial charge < -0.3 is 14.6 Å². The molecule has 0 saturated carbocycles. The number of fused-ring (bicyclic) bond motifs is 1. The summed E-state index contributed by atoms with van der Waals surface area (Å²) in [6.45, 7) is 7.24. The van der Waals surface area contributed by atoms with Gasteiger partial charge in [0.15, 0.2) is 5.78 Å². The summed E-state index contributed by atoms with van der Waals surface area (Å²) in [5.74, 6) is 1.16. The first-order valence-corrected chi connectivity index (χ1v) is 8.19. The van der Waals surface area contributed by atoms with E-state index in [0.717, 1.165) is 31.5 Å². The van der Waals surface area contributed by atoms with Crippen molar-refractivity contribution in [2.24, 2.45) is 0 Å². The van der Waals surface area contributed by atoms with Crippen LogP contribution < -0.4 is 9.47 Å². The van der Waals surface area contributed by atoms with E-state index in [1.165, 1.54) is 6.92 Å². The number of aliphatic hydroxyl groups excluding tert-OH is 1. The smallest absolute Gasteiger partial charge is 0.163 e.